The summed E-state index contributed by atoms with van der Waals surface area (Å²) in [7, 11) is 0. The van der Waals surface area contributed by atoms with Crippen LogP contribution in [0.5, 0.6) is 0 Å². The number of anilines is 3. The first-order chi connectivity index (χ1) is 12.0. The normalized spacial score (nSPS) is 15.0. The third kappa shape index (κ3) is 4.19. The van der Waals surface area contributed by atoms with Gasteiger partial charge in [0.2, 0.25) is 0 Å². The van der Waals surface area contributed by atoms with Gasteiger partial charge in [0, 0.05) is 23.1 Å². The summed E-state index contributed by atoms with van der Waals surface area (Å²) in [6.45, 7) is 4.10. The molecule has 0 spiro atoms. The van der Waals surface area contributed by atoms with Gasteiger partial charge in [0.25, 0.3) is 5.91 Å². The molecule has 0 unspecified atom stereocenters. The van der Waals surface area contributed by atoms with Crippen molar-refractivity contribution < 1.29 is 4.79 Å². The maximum absolute atomic E-state index is 12.2. The topological polar surface area (TPSA) is 96.2 Å². The van der Waals surface area contributed by atoms with Gasteiger partial charge in [-0.3, -0.25) is 15.6 Å². The van der Waals surface area contributed by atoms with E-state index in [2.05, 4.69) is 48.6 Å². The van der Waals surface area contributed by atoms with Gasteiger partial charge in [0.05, 0.1) is 0 Å². The Balaban J connectivity index is 1.67. The highest BCUT2D eigenvalue weighted by atomic mass is 79.9. The Morgan fingerprint density at radius 2 is 1.92 bits per heavy atom. The van der Waals surface area contributed by atoms with E-state index in [1.54, 1.807) is 12.1 Å². The minimum atomic E-state index is -0.265. The number of hydrogen-bond acceptors (Lipinski definition) is 6. The molecule has 2 aromatic rings. The monoisotopic (exact) mass is 404 g/mol. The zero-order valence-electron chi connectivity index (χ0n) is 14.0. The van der Waals surface area contributed by atoms with Crippen LogP contribution in [0.3, 0.4) is 0 Å². The van der Waals surface area contributed by atoms with Crippen molar-refractivity contribution >= 4 is 39.2 Å². The van der Waals surface area contributed by atoms with Crippen LogP contribution in [0.15, 0.2) is 35.1 Å². The van der Waals surface area contributed by atoms with Crippen LogP contribution >= 0.6 is 15.9 Å². The summed E-state index contributed by atoms with van der Waals surface area (Å²) >= 11 is 3.34. The second kappa shape index (κ2) is 7.69. The molecule has 132 valence electrons. The molecule has 8 heteroatoms. The van der Waals surface area contributed by atoms with E-state index in [1.807, 2.05) is 12.1 Å². The number of nitrogens with one attached hydrogen (secondary N) is 2. The first-order valence-electron chi connectivity index (χ1n) is 8.22. The Bertz CT molecular complexity index is 743. The molecule has 0 radical (unpaired) electrons. The van der Waals surface area contributed by atoms with Crippen LogP contribution < -0.4 is 21.5 Å². The van der Waals surface area contributed by atoms with Crippen LogP contribution in [-0.2, 0) is 0 Å². The molecule has 0 aliphatic carbocycles. The van der Waals surface area contributed by atoms with Gasteiger partial charge < -0.3 is 10.6 Å². The number of hydrogen-bond donors (Lipinski definition) is 3. The lowest BCUT2D eigenvalue weighted by Gasteiger charge is -2.32. The third-order valence-corrected chi connectivity index (χ3v) is 4.88. The summed E-state index contributed by atoms with van der Waals surface area (Å²) in [6, 6.07) is 7.07. The average molecular weight is 405 g/mol. The first kappa shape index (κ1) is 17.5. The summed E-state index contributed by atoms with van der Waals surface area (Å²) in [5.74, 6) is 1.57. The fourth-order valence-electron chi connectivity index (χ4n) is 2.75. The zero-order valence-corrected chi connectivity index (χ0v) is 15.6. The van der Waals surface area contributed by atoms with Crippen molar-refractivity contribution in [3.05, 3.63) is 40.6 Å². The standard InChI is InChI=1S/C17H21BrN6O/c1-11-6-8-24(9-7-11)16-14(19)15(20-10-21-16)22-23-17(25)12-2-4-13(18)5-3-12/h2-5,10-11H,6-9,19H2,1H3,(H,23,25)(H,20,21,22). The number of rotatable bonds is 4. The largest absolute Gasteiger partial charge is 0.393 e. The van der Waals surface area contributed by atoms with Gasteiger partial charge in [-0.25, -0.2) is 9.97 Å². The summed E-state index contributed by atoms with van der Waals surface area (Å²) in [5.41, 5.74) is 12.6. The quantitative estimate of drug-likeness (QED) is 0.677. The number of carbonyl (C=O) groups excluding carboxylic acids is 1. The molecule has 1 aromatic carbocycles. The number of nitrogens with two attached hydrogens (primary N) is 1. The van der Waals surface area contributed by atoms with Gasteiger partial charge >= 0.3 is 0 Å². The minimum Gasteiger partial charge on any atom is -0.393 e. The van der Waals surface area contributed by atoms with E-state index in [1.165, 1.54) is 6.33 Å². The molecule has 0 saturated carbocycles. The molecule has 0 bridgehead atoms. The molecule has 1 aliphatic rings. The first-order valence-corrected chi connectivity index (χ1v) is 9.01. The Labute approximate surface area is 155 Å². The lowest BCUT2D eigenvalue weighted by molar-refractivity contribution is 0.0962. The van der Waals surface area contributed by atoms with E-state index in [9.17, 15) is 4.79 Å². The van der Waals surface area contributed by atoms with E-state index in [4.69, 9.17) is 5.73 Å². The van der Waals surface area contributed by atoms with E-state index in [0.717, 1.165) is 36.3 Å². The van der Waals surface area contributed by atoms with Crippen LogP contribution in [0.2, 0.25) is 0 Å². The summed E-state index contributed by atoms with van der Waals surface area (Å²) in [5, 5.41) is 0. The van der Waals surface area contributed by atoms with Crippen LogP contribution in [0.4, 0.5) is 17.3 Å². The number of piperidine rings is 1. The maximum atomic E-state index is 12.2. The molecule has 1 aromatic heterocycles. The molecule has 25 heavy (non-hydrogen) atoms. The fraction of sp³-hybridized carbons (Fsp3) is 0.353. The number of carbonyl (C=O) groups is 1. The number of aromatic nitrogens is 2. The van der Waals surface area contributed by atoms with E-state index in [0.29, 0.717) is 22.9 Å². The van der Waals surface area contributed by atoms with Crippen molar-refractivity contribution in [2.24, 2.45) is 5.92 Å². The van der Waals surface area contributed by atoms with Gasteiger partial charge in [-0.2, -0.15) is 0 Å². The van der Waals surface area contributed by atoms with Crippen molar-refractivity contribution in [3.8, 4) is 0 Å². The zero-order chi connectivity index (χ0) is 17.8. The van der Waals surface area contributed by atoms with Gasteiger partial charge in [0.1, 0.15) is 12.0 Å². The molecule has 2 heterocycles. The van der Waals surface area contributed by atoms with Gasteiger partial charge in [0.15, 0.2) is 11.6 Å². The second-order valence-electron chi connectivity index (χ2n) is 6.22. The molecule has 1 fully saturated rings. The summed E-state index contributed by atoms with van der Waals surface area (Å²) in [4.78, 5) is 22.8. The highest BCUT2D eigenvalue weighted by Gasteiger charge is 2.20. The molecule has 3 rings (SSSR count). The van der Waals surface area contributed by atoms with Crippen molar-refractivity contribution in [2.75, 3.05) is 29.1 Å². The number of hydrazine groups is 1. The molecular formula is C17H21BrN6O. The van der Waals surface area contributed by atoms with Gasteiger partial charge in [-0.15, -0.1) is 0 Å². The Morgan fingerprint density at radius 1 is 1.24 bits per heavy atom. The van der Waals surface area contributed by atoms with E-state index in [-0.39, 0.29) is 5.91 Å². The van der Waals surface area contributed by atoms with Crippen molar-refractivity contribution in [2.45, 2.75) is 19.8 Å². The van der Waals surface area contributed by atoms with E-state index >= 15 is 0 Å². The fourth-order valence-corrected chi connectivity index (χ4v) is 3.01. The molecule has 4 N–H and O–H groups in total. The molecule has 0 atom stereocenters. The van der Waals surface area contributed by atoms with Gasteiger partial charge in [-0.05, 0) is 43.0 Å². The van der Waals surface area contributed by atoms with Crippen molar-refractivity contribution in [1.82, 2.24) is 15.4 Å². The SMILES string of the molecule is CC1CCN(c2ncnc(NNC(=O)c3ccc(Br)cc3)c2N)CC1. The van der Waals surface area contributed by atoms with E-state index < -0.39 is 0 Å². The third-order valence-electron chi connectivity index (χ3n) is 4.35. The van der Waals surface area contributed by atoms with Gasteiger partial charge in [-0.1, -0.05) is 22.9 Å². The highest BCUT2D eigenvalue weighted by molar-refractivity contribution is 9.10. The van der Waals surface area contributed by atoms with Crippen molar-refractivity contribution in [3.63, 3.8) is 0 Å². The Morgan fingerprint density at radius 3 is 2.60 bits per heavy atom. The number of halogens is 1. The summed E-state index contributed by atoms with van der Waals surface area (Å²) < 4.78 is 0.914. The number of nitrogens with zero attached hydrogens (tertiary/aromatic N) is 3. The minimum absolute atomic E-state index is 0.265. The molecular weight excluding hydrogens is 384 g/mol. The molecule has 7 nitrogen and oxygen atoms in total. The second-order valence-corrected chi connectivity index (χ2v) is 7.13. The van der Waals surface area contributed by atoms with Crippen LogP contribution in [0.25, 0.3) is 0 Å². The molecule has 1 amide bonds. The number of amides is 1. The number of benzene rings is 1. The number of nitrogen functional groups attached to an aromatic ring is 1. The predicted octanol–water partition coefficient (Wildman–Crippen LogP) is 2.81. The summed E-state index contributed by atoms with van der Waals surface area (Å²) in [6.07, 6.45) is 3.69. The van der Waals surface area contributed by atoms with Crippen LogP contribution in [0.1, 0.15) is 30.1 Å². The van der Waals surface area contributed by atoms with Crippen LogP contribution in [0, 0.1) is 5.92 Å². The predicted molar refractivity (Wildman–Crippen MR) is 102 cm³/mol. The Kier molecular flexibility index (Phi) is 5.37. The molecule has 1 saturated heterocycles. The lowest BCUT2D eigenvalue weighted by Crippen LogP contribution is -2.35. The Hall–Kier alpha value is -2.35. The average Bonchev–Trinajstić information content (AvgIpc) is 2.62. The molecule has 1 aliphatic heterocycles. The highest BCUT2D eigenvalue weighted by Crippen LogP contribution is 2.29. The van der Waals surface area contributed by atoms with Crippen LogP contribution in [-0.4, -0.2) is 29.0 Å². The maximum Gasteiger partial charge on any atom is 0.269 e. The van der Waals surface area contributed by atoms with Crippen molar-refractivity contribution in [1.29, 1.82) is 0 Å². The lowest BCUT2D eigenvalue weighted by atomic mass is 9.99. The smallest absolute Gasteiger partial charge is 0.269 e.